The third-order valence-electron chi connectivity index (χ3n) is 3.38. The number of carbonyl (C=O) groups excluding carboxylic acids is 4. The minimum absolute atomic E-state index is 0.0885. The minimum Gasteiger partial charge on any atom is -0.454 e. The van der Waals surface area contributed by atoms with Crippen LogP contribution in [-0.4, -0.2) is 60.4 Å². The highest BCUT2D eigenvalue weighted by Crippen LogP contribution is 2.29. The number of urea groups is 1. The summed E-state index contributed by atoms with van der Waals surface area (Å²) in [6, 6.07) is 3.05. The van der Waals surface area contributed by atoms with E-state index in [1.807, 2.05) is 0 Å². The Labute approximate surface area is 145 Å². The first-order valence-corrected chi connectivity index (χ1v) is 7.26. The lowest BCUT2D eigenvalue weighted by atomic mass is 10.2. The van der Waals surface area contributed by atoms with Gasteiger partial charge < -0.3 is 15.0 Å². The molecule has 0 atom stereocenters. The second-order valence-corrected chi connectivity index (χ2v) is 5.40. The van der Waals surface area contributed by atoms with Crippen LogP contribution in [0.15, 0.2) is 24.3 Å². The van der Waals surface area contributed by atoms with Gasteiger partial charge in [-0.05, 0) is 24.3 Å². The van der Waals surface area contributed by atoms with Gasteiger partial charge in [-0.1, -0.05) is 0 Å². The van der Waals surface area contributed by atoms with Crippen LogP contribution in [0.5, 0.6) is 0 Å². The number of rotatable bonds is 5. The largest absolute Gasteiger partial charge is 0.454 e. The van der Waals surface area contributed by atoms with Gasteiger partial charge in [0.15, 0.2) is 6.61 Å². The molecule has 0 spiro atoms. The first-order chi connectivity index (χ1) is 12.1. The van der Waals surface area contributed by atoms with Crippen molar-refractivity contribution in [2.24, 2.45) is 0 Å². The molecule has 1 fully saturated rings. The monoisotopic (exact) mass is 373 g/mol. The van der Waals surface area contributed by atoms with Crippen molar-refractivity contribution in [3.63, 3.8) is 0 Å². The van der Waals surface area contributed by atoms with Gasteiger partial charge in [0.1, 0.15) is 13.1 Å². The van der Waals surface area contributed by atoms with E-state index in [1.165, 1.54) is 7.05 Å². The van der Waals surface area contributed by atoms with E-state index >= 15 is 0 Å². The van der Waals surface area contributed by atoms with E-state index in [-0.39, 0.29) is 12.2 Å². The van der Waals surface area contributed by atoms with Crippen molar-refractivity contribution in [3.05, 3.63) is 29.8 Å². The molecule has 0 bridgehead atoms. The number of amides is 4. The normalized spacial score (nSPS) is 14.6. The highest BCUT2D eigenvalue weighted by Gasteiger charge is 2.35. The van der Waals surface area contributed by atoms with Gasteiger partial charge in [-0.25, -0.2) is 4.79 Å². The molecule has 1 N–H and O–H groups in total. The Hall–Kier alpha value is -3.11. The summed E-state index contributed by atoms with van der Waals surface area (Å²) in [4.78, 5) is 48.2. The molecule has 1 aromatic carbocycles. The molecule has 0 radical (unpaired) electrons. The van der Waals surface area contributed by atoms with Crippen molar-refractivity contribution in [3.8, 4) is 0 Å². The minimum atomic E-state index is -4.49. The van der Waals surface area contributed by atoms with Gasteiger partial charge in [0, 0.05) is 12.7 Å². The number of nitrogens with one attached hydrogen (secondary N) is 1. The zero-order chi connectivity index (χ0) is 19.5. The number of benzene rings is 1. The van der Waals surface area contributed by atoms with Crippen LogP contribution in [-0.2, 0) is 25.3 Å². The third-order valence-corrected chi connectivity index (χ3v) is 3.38. The molecule has 1 heterocycles. The predicted molar refractivity (Wildman–Crippen MR) is 80.8 cm³/mol. The lowest BCUT2D eigenvalue weighted by Crippen LogP contribution is -2.37. The third kappa shape index (κ3) is 4.71. The van der Waals surface area contributed by atoms with Crippen LogP contribution in [0.1, 0.15) is 5.56 Å². The average molecular weight is 373 g/mol. The molecular formula is C15H14F3N3O5. The molecule has 0 saturated carbocycles. The van der Waals surface area contributed by atoms with Gasteiger partial charge in [-0.2, -0.15) is 13.2 Å². The Kier molecular flexibility index (Phi) is 5.48. The van der Waals surface area contributed by atoms with Crippen molar-refractivity contribution in [1.82, 2.24) is 9.80 Å². The van der Waals surface area contributed by atoms with Crippen LogP contribution in [0, 0.1) is 0 Å². The number of alkyl halides is 3. The number of anilines is 1. The van der Waals surface area contributed by atoms with E-state index in [2.05, 4.69) is 10.1 Å². The Bertz CT molecular complexity index is 733. The fourth-order valence-electron chi connectivity index (χ4n) is 2.08. The number of imide groups is 1. The molecule has 11 heteroatoms. The average Bonchev–Trinajstić information content (AvgIpc) is 2.79. The molecule has 2 rings (SSSR count). The van der Waals surface area contributed by atoms with Gasteiger partial charge in [-0.15, -0.1) is 0 Å². The number of hydrogen-bond acceptors (Lipinski definition) is 5. The van der Waals surface area contributed by atoms with Gasteiger partial charge in [-0.3, -0.25) is 19.3 Å². The van der Waals surface area contributed by atoms with E-state index in [0.717, 1.165) is 29.2 Å². The van der Waals surface area contributed by atoms with E-state index in [0.29, 0.717) is 4.90 Å². The van der Waals surface area contributed by atoms with Crippen molar-refractivity contribution in [2.75, 3.05) is 32.1 Å². The van der Waals surface area contributed by atoms with Crippen molar-refractivity contribution >= 4 is 29.5 Å². The maximum absolute atomic E-state index is 12.4. The topological polar surface area (TPSA) is 96.0 Å². The molecule has 1 aliphatic heterocycles. The maximum atomic E-state index is 12.4. The summed E-state index contributed by atoms with van der Waals surface area (Å²) in [5.41, 5.74) is -0.780. The number of esters is 1. The summed E-state index contributed by atoms with van der Waals surface area (Å²) >= 11 is 0. The number of likely N-dealkylation sites (N-methyl/N-ethyl adjacent to an activating group) is 1. The predicted octanol–water partition coefficient (Wildman–Crippen LogP) is 1.08. The van der Waals surface area contributed by atoms with E-state index in [9.17, 15) is 32.3 Å². The molecule has 0 aromatic heterocycles. The number of ether oxygens (including phenoxy) is 1. The van der Waals surface area contributed by atoms with Crippen LogP contribution in [0.4, 0.5) is 23.7 Å². The first kappa shape index (κ1) is 19.2. The van der Waals surface area contributed by atoms with E-state index in [1.54, 1.807) is 0 Å². The van der Waals surface area contributed by atoms with Crippen LogP contribution in [0.2, 0.25) is 0 Å². The van der Waals surface area contributed by atoms with Crippen LogP contribution in [0.25, 0.3) is 0 Å². The SMILES string of the molecule is CN1CC(=O)N(CC(=O)OCC(=O)Nc2ccc(C(F)(F)F)cc2)C1=O. The molecule has 1 aliphatic rings. The molecule has 140 valence electrons. The Morgan fingerprint density at radius 3 is 2.31 bits per heavy atom. The highest BCUT2D eigenvalue weighted by molar-refractivity contribution is 6.04. The lowest BCUT2D eigenvalue weighted by molar-refractivity contribution is -0.149. The second kappa shape index (κ2) is 7.42. The Balaban J connectivity index is 1.80. The molecule has 1 aromatic rings. The Morgan fingerprint density at radius 1 is 1.19 bits per heavy atom. The van der Waals surface area contributed by atoms with Crippen LogP contribution < -0.4 is 5.32 Å². The second-order valence-electron chi connectivity index (χ2n) is 5.40. The fraction of sp³-hybridized carbons (Fsp3) is 0.333. The Morgan fingerprint density at radius 2 is 1.81 bits per heavy atom. The molecule has 0 unspecified atom stereocenters. The van der Waals surface area contributed by atoms with Crippen molar-refractivity contribution in [2.45, 2.75) is 6.18 Å². The molecule has 1 saturated heterocycles. The van der Waals surface area contributed by atoms with Gasteiger partial charge in [0.05, 0.1) is 5.56 Å². The number of nitrogens with zero attached hydrogens (tertiary/aromatic N) is 2. The smallest absolute Gasteiger partial charge is 0.416 e. The van der Waals surface area contributed by atoms with E-state index in [4.69, 9.17) is 0 Å². The van der Waals surface area contributed by atoms with Crippen molar-refractivity contribution < 1.29 is 37.1 Å². The van der Waals surface area contributed by atoms with Gasteiger partial charge in [0.2, 0.25) is 0 Å². The molecule has 4 amide bonds. The lowest BCUT2D eigenvalue weighted by Gasteiger charge is -2.13. The summed E-state index contributed by atoms with van der Waals surface area (Å²) in [5, 5.41) is 2.25. The number of hydrogen-bond donors (Lipinski definition) is 1. The molecule has 8 nitrogen and oxygen atoms in total. The van der Waals surface area contributed by atoms with E-state index < -0.39 is 48.7 Å². The van der Waals surface area contributed by atoms with Gasteiger partial charge in [0.25, 0.3) is 11.8 Å². The fourth-order valence-corrected chi connectivity index (χ4v) is 2.08. The highest BCUT2D eigenvalue weighted by atomic mass is 19.4. The molecule has 0 aliphatic carbocycles. The molecular weight excluding hydrogens is 359 g/mol. The zero-order valence-electron chi connectivity index (χ0n) is 13.5. The summed E-state index contributed by atoms with van der Waals surface area (Å²) < 4.78 is 42.0. The zero-order valence-corrected chi connectivity index (χ0v) is 13.5. The van der Waals surface area contributed by atoms with Crippen LogP contribution >= 0.6 is 0 Å². The molecule has 26 heavy (non-hydrogen) atoms. The summed E-state index contributed by atoms with van der Waals surface area (Å²) in [6.07, 6.45) is -4.49. The standard InChI is InChI=1S/C15H14F3N3O5/c1-20-6-12(23)21(14(20)25)7-13(24)26-8-11(22)19-10-4-2-9(3-5-10)15(16,17)18/h2-5H,6-8H2,1H3,(H,19,22). The number of carbonyl (C=O) groups is 4. The quantitative estimate of drug-likeness (QED) is 0.616. The summed E-state index contributed by atoms with van der Waals surface area (Å²) in [5.74, 6) is -2.32. The van der Waals surface area contributed by atoms with Crippen molar-refractivity contribution in [1.29, 1.82) is 0 Å². The van der Waals surface area contributed by atoms with Crippen LogP contribution in [0.3, 0.4) is 0 Å². The summed E-state index contributed by atoms with van der Waals surface area (Å²) in [6.45, 7) is -1.50. The van der Waals surface area contributed by atoms with Gasteiger partial charge >= 0.3 is 18.2 Å². The maximum Gasteiger partial charge on any atom is 0.416 e. The first-order valence-electron chi connectivity index (χ1n) is 7.26. The summed E-state index contributed by atoms with van der Waals surface area (Å²) in [7, 11) is 1.39. The number of halogens is 3.